The molecule has 8 nitrogen and oxygen atoms in total. The molecule has 0 fully saturated rings. The predicted octanol–water partition coefficient (Wildman–Crippen LogP) is 1.73. The molecule has 0 amide bonds. The van der Waals surface area contributed by atoms with Gasteiger partial charge in [0.1, 0.15) is 11.6 Å². The van der Waals surface area contributed by atoms with E-state index >= 15 is 0 Å². The number of aromatic nitrogens is 4. The lowest BCUT2D eigenvalue weighted by Gasteiger charge is -2.08. The first-order valence-electron chi connectivity index (χ1n) is 5.64. The van der Waals surface area contributed by atoms with Crippen molar-refractivity contribution in [2.45, 2.75) is 0 Å². The average Bonchev–Trinajstić information content (AvgIpc) is 3.02. The second kappa shape index (κ2) is 6.62. The van der Waals surface area contributed by atoms with Gasteiger partial charge in [-0.15, -0.1) is 10.2 Å². The predicted molar refractivity (Wildman–Crippen MR) is 76.9 cm³/mol. The van der Waals surface area contributed by atoms with Crippen molar-refractivity contribution in [2.24, 2.45) is 0 Å². The number of carbonyl (C=O) groups excluding carboxylic acids is 1. The molecular formula is C12H9BrN6O2. The van der Waals surface area contributed by atoms with Gasteiger partial charge in [-0.25, -0.2) is 4.79 Å². The molecule has 2 N–H and O–H groups in total. The summed E-state index contributed by atoms with van der Waals surface area (Å²) in [5.74, 6) is -0.341. The van der Waals surface area contributed by atoms with Gasteiger partial charge in [-0.05, 0) is 23.4 Å². The van der Waals surface area contributed by atoms with Crippen molar-refractivity contribution in [1.82, 2.24) is 20.6 Å². The lowest BCUT2D eigenvalue weighted by molar-refractivity contribution is 0.0602. The molecule has 0 saturated carbocycles. The molecule has 0 saturated heterocycles. The standard InChI is InChI=1S/C12H9BrN6O2/c1-21-12(20)9-4-8(13)2-3-10(9)15-6-7(5-14)11-16-18-19-17-11/h2-4,6,15H,1H3,(H,16,17,18,19). The summed E-state index contributed by atoms with van der Waals surface area (Å²) < 4.78 is 5.44. The third-order valence-electron chi connectivity index (χ3n) is 2.47. The Balaban J connectivity index is 2.32. The van der Waals surface area contributed by atoms with Crippen molar-refractivity contribution >= 4 is 33.2 Å². The van der Waals surface area contributed by atoms with E-state index in [-0.39, 0.29) is 11.4 Å². The molecule has 1 heterocycles. The molecule has 0 spiro atoms. The van der Waals surface area contributed by atoms with E-state index in [9.17, 15) is 4.79 Å². The molecule has 0 bridgehead atoms. The molecule has 106 valence electrons. The fourth-order valence-electron chi connectivity index (χ4n) is 1.49. The van der Waals surface area contributed by atoms with Crippen LogP contribution in [0.25, 0.3) is 5.57 Å². The van der Waals surface area contributed by atoms with Gasteiger partial charge in [-0.3, -0.25) is 0 Å². The van der Waals surface area contributed by atoms with Crippen LogP contribution in [0, 0.1) is 11.3 Å². The summed E-state index contributed by atoms with van der Waals surface area (Å²) in [6.07, 6.45) is 1.39. The second-order valence-electron chi connectivity index (χ2n) is 3.73. The molecular weight excluding hydrogens is 340 g/mol. The van der Waals surface area contributed by atoms with Crippen LogP contribution in [0.5, 0.6) is 0 Å². The number of aromatic amines is 1. The third kappa shape index (κ3) is 3.43. The van der Waals surface area contributed by atoms with Gasteiger partial charge in [-0.2, -0.15) is 10.5 Å². The molecule has 0 aliphatic carbocycles. The highest BCUT2D eigenvalue weighted by Crippen LogP contribution is 2.22. The van der Waals surface area contributed by atoms with Gasteiger partial charge >= 0.3 is 5.97 Å². The zero-order valence-corrected chi connectivity index (χ0v) is 12.4. The van der Waals surface area contributed by atoms with Crippen LogP contribution < -0.4 is 5.32 Å². The number of esters is 1. The number of halogens is 1. The molecule has 1 aromatic carbocycles. The van der Waals surface area contributed by atoms with Crippen molar-refractivity contribution in [3.05, 3.63) is 40.3 Å². The lowest BCUT2D eigenvalue weighted by atomic mass is 10.2. The van der Waals surface area contributed by atoms with E-state index < -0.39 is 5.97 Å². The van der Waals surface area contributed by atoms with Crippen LogP contribution in [0.1, 0.15) is 16.2 Å². The normalized spacial score (nSPS) is 10.8. The van der Waals surface area contributed by atoms with Crippen LogP contribution in [0.15, 0.2) is 28.9 Å². The Kier molecular flexibility index (Phi) is 4.63. The van der Waals surface area contributed by atoms with Crippen molar-refractivity contribution < 1.29 is 9.53 Å². The van der Waals surface area contributed by atoms with Gasteiger partial charge in [-0.1, -0.05) is 15.9 Å². The van der Waals surface area contributed by atoms with Crippen molar-refractivity contribution in [2.75, 3.05) is 12.4 Å². The first-order valence-corrected chi connectivity index (χ1v) is 6.43. The number of anilines is 1. The van der Waals surface area contributed by atoms with Crippen LogP contribution in [0.4, 0.5) is 5.69 Å². The number of H-pyrrole nitrogens is 1. The largest absolute Gasteiger partial charge is 0.465 e. The zero-order chi connectivity index (χ0) is 15.2. The fraction of sp³-hybridized carbons (Fsp3) is 0.0833. The summed E-state index contributed by atoms with van der Waals surface area (Å²) in [5, 5.41) is 25.0. The van der Waals surface area contributed by atoms with Gasteiger partial charge in [0.25, 0.3) is 0 Å². The number of benzene rings is 1. The minimum absolute atomic E-state index is 0.154. The molecule has 0 aliphatic heterocycles. The Bertz CT molecular complexity index is 720. The van der Waals surface area contributed by atoms with E-state index in [1.807, 2.05) is 6.07 Å². The Morgan fingerprint density at radius 2 is 2.38 bits per heavy atom. The third-order valence-corrected chi connectivity index (χ3v) is 2.96. The van der Waals surface area contributed by atoms with E-state index in [1.54, 1.807) is 18.2 Å². The summed E-state index contributed by atoms with van der Waals surface area (Å²) >= 11 is 3.28. The number of hydrogen-bond acceptors (Lipinski definition) is 7. The number of rotatable bonds is 4. The van der Waals surface area contributed by atoms with Gasteiger partial charge in [0.2, 0.25) is 5.82 Å². The molecule has 2 aromatic rings. The molecule has 0 aliphatic rings. The number of allylic oxidation sites excluding steroid dienone is 1. The average molecular weight is 349 g/mol. The fourth-order valence-corrected chi connectivity index (χ4v) is 1.85. The number of hydrogen-bond donors (Lipinski definition) is 2. The van der Waals surface area contributed by atoms with Gasteiger partial charge in [0, 0.05) is 10.7 Å². The van der Waals surface area contributed by atoms with Crippen LogP contribution in [-0.4, -0.2) is 33.7 Å². The number of nitriles is 1. The smallest absolute Gasteiger partial charge is 0.340 e. The number of tetrazole rings is 1. The van der Waals surface area contributed by atoms with Crippen LogP contribution in [0.2, 0.25) is 0 Å². The van der Waals surface area contributed by atoms with E-state index in [4.69, 9.17) is 10.00 Å². The zero-order valence-electron chi connectivity index (χ0n) is 10.8. The maximum absolute atomic E-state index is 11.7. The molecule has 0 radical (unpaired) electrons. The van der Waals surface area contributed by atoms with E-state index in [0.29, 0.717) is 11.3 Å². The summed E-state index contributed by atoms with van der Waals surface area (Å²) in [7, 11) is 1.29. The van der Waals surface area contributed by atoms with Crippen molar-refractivity contribution in [3.63, 3.8) is 0 Å². The quantitative estimate of drug-likeness (QED) is 0.638. The maximum atomic E-state index is 11.7. The number of methoxy groups -OCH3 is 1. The summed E-state index contributed by atoms with van der Waals surface area (Å²) in [6.45, 7) is 0. The van der Waals surface area contributed by atoms with Crippen LogP contribution >= 0.6 is 15.9 Å². The van der Waals surface area contributed by atoms with E-state index in [1.165, 1.54) is 13.3 Å². The molecule has 2 rings (SSSR count). The summed E-state index contributed by atoms with van der Waals surface area (Å²) in [4.78, 5) is 11.7. The highest BCUT2D eigenvalue weighted by molar-refractivity contribution is 9.10. The lowest BCUT2D eigenvalue weighted by Crippen LogP contribution is -2.05. The van der Waals surface area contributed by atoms with Gasteiger partial charge in [0.15, 0.2) is 0 Å². The maximum Gasteiger partial charge on any atom is 0.340 e. The Morgan fingerprint density at radius 3 is 3.00 bits per heavy atom. The molecule has 0 unspecified atom stereocenters. The molecule has 9 heteroatoms. The minimum atomic E-state index is -0.495. The van der Waals surface area contributed by atoms with E-state index in [0.717, 1.165) is 4.47 Å². The minimum Gasteiger partial charge on any atom is -0.465 e. The highest BCUT2D eigenvalue weighted by atomic mass is 79.9. The summed E-state index contributed by atoms with van der Waals surface area (Å²) in [5.41, 5.74) is 0.984. The Hall–Kier alpha value is -2.73. The first kappa shape index (κ1) is 14.7. The van der Waals surface area contributed by atoms with Gasteiger partial charge in [0.05, 0.1) is 18.4 Å². The number of ether oxygens (including phenoxy) is 1. The van der Waals surface area contributed by atoms with Crippen molar-refractivity contribution in [3.8, 4) is 6.07 Å². The van der Waals surface area contributed by atoms with Crippen LogP contribution in [0.3, 0.4) is 0 Å². The monoisotopic (exact) mass is 348 g/mol. The molecule has 21 heavy (non-hydrogen) atoms. The number of nitrogens with zero attached hydrogens (tertiary/aromatic N) is 4. The first-order chi connectivity index (χ1) is 10.2. The topological polar surface area (TPSA) is 117 Å². The SMILES string of the molecule is COC(=O)c1cc(Br)ccc1NC=C(C#N)c1nn[nH]n1. The summed E-state index contributed by atoms with van der Waals surface area (Å²) in [6, 6.07) is 6.98. The number of nitrogens with one attached hydrogen (secondary N) is 2. The van der Waals surface area contributed by atoms with Crippen LogP contribution in [-0.2, 0) is 4.74 Å². The molecule has 1 aromatic heterocycles. The van der Waals surface area contributed by atoms with Gasteiger partial charge < -0.3 is 10.1 Å². The highest BCUT2D eigenvalue weighted by Gasteiger charge is 2.12. The number of carbonyl (C=O) groups is 1. The van der Waals surface area contributed by atoms with E-state index in [2.05, 4.69) is 41.9 Å². The second-order valence-corrected chi connectivity index (χ2v) is 4.65. The Morgan fingerprint density at radius 1 is 1.57 bits per heavy atom. The Labute approximate surface area is 127 Å². The van der Waals surface area contributed by atoms with Crippen molar-refractivity contribution in [1.29, 1.82) is 5.26 Å². The molecule has 0 atom stereocenters.